The third-order valence-electron chi connectivity index (χ3n) is 11.0. The molecule has 0 bridgehead atoms. The van der Waals surface area contributed by atoms with Gasteiger partial charge in [0, 0.05) is 125 Å². The number of fused-ring (bicyclic) bond motifs is 2. The number of hydrogen-bond acceptors (Lipinski definition) is 7. The Morgan fingerprint density at radius 3 is 1.84 bits per heavy atom. The molecule has 0 amide bonds. The molecule has 2 aliphatic rings. The maximum Gasteiger partial charge on any atom is 0.142 e. The van der Waals surface area contributed by atoms with Crippen LogP contribution < -0.4 is 0 Å². The largest absolute Gasteiger partial charge is 0.361 e. The first kappa shape index (κ1) is 40.3. The van der Waals surface area contributed by atoms with E-state index in [9.17, 15) is 9.59 Å². The molecule has 0 unspecified atom stereocenters. The molecule has 1 N–H and O–H groups in total. The Hall–Kier alpha value is -4.39. The van der Waals surface area contributed by atoms with Gasteiger partial charge in [-0.1, -0.05) is 19.6 Å². The van der Waals surface area contributed by atoms with Gasteiger partial charge in [0.15, 0.2) is 0 Å². The van der Waals surface area contributed by atoms with Gasteiger partial charge in [-0.3, -0.25) is 19.0 Å². The van der Waals surface area contributed by atoms with Gasteiger partial charge in [0.25, 0.3) is 0 Å². The Morgan fingerprint density at radius 2 is 1.29 bits per heavy atom. The lowest BCUT2D eigenvalue weighted by atomic mass is 9.84. The van der Waals surface area contributed by atoms with Gasteiger partial charge in [-0.05, 0) is 79.7 Å². The first-order valence-electron chi connectivity index (χ1n) is 19.5. The van der Waals surface area contributed by atoms with Crippen molar-refractivity contribution >= 4 is 54.1 Å². The number of carbonyl (C=O) groups is 2. The van der Waals surface area contributed by atoms with E-state index < -0.39 is 8.07 Å². The van der Waals surface area contributed by atoms with Crippen LogP contribution in [0.5, 0.6) is 0 Å². The maximum absolute atomic E-state index is 11.6. The molecular weight excluding hydrogens is 728 g/mol. The summed E-state index contributed by atoms with van der Waals surface area (Å²) in [6.45, 7) is 8.40. The quantitative estimate of drug-likeness (QED) is 0.103. The molecule has 0 saturated heterocycles. The minimum absolute atomic E-state index is 0. The van der Waals surface area contributed by atoms with Gasteiger partial charge in [0.1, 0.15) is 29.6 Å². The van der Waals surface area contributed by atoms with Gasteiger partial charge in [-0.25, -0.2) is 9.97 Å². The van der Waals surface area contributed by atoms with E-state index in [1.54, 1.807) is 0 Å². The molecule has 6 aromatic rings. The molecule has 2 aliphatic carbocycles. The number of aromatic nitrogens is 8. The van der Waals surface area contributed by atoms with Crippen molar-refractivity contribution in [3.63, 3.8) is 0 Å². The molecule has 8 rings (SSSR count). The van der Waals surface area contributed by atoms with Crippen LogP contribution >= 0.6 is 12.4 Å². The number of nitrogens with one attached hydrogen (secondary N) is 1. The molecule has 0 atom stereocenters. The van der Waals surface area contributed by atoms with Gasteiger partial charge in [-0.2, -0.15) is 10.2 Å². The minimum Gasteiger partial charge on any atom is -0.361 e. The van der Waals surface area contributed by atoms with Crippen LogP contribution in [0.2, 0.25) is 25.7 Å². The molecule has 292 valence electrons. The third-order valence-corrected chi connectivity index (χ3v) is 12.7. The normalized spacial score (nSPS) is 15.7. The van der Waals surface area contributed by atoms with Crippen molar-refractivity contribution in [3.8, 4) is 22.3 Å². The van der Waals surface area contributed by atoms with Gasteiger partial charge < -0.3 is 14.3 Å². The number of aromatic amines is 1. The SMILES string of the molecule is Cl.Cn1cc(-c2c[nH]c3ncc(CC4CCC(=O)CC4)cc23)cn1.Cn1cc(-c2cn(COCC[Si](C)(C)C)c3ncc(CC4CCC(=O)CC4)cc23)cn1. The zero-order chi connectivity index (χ0) is 37.8. The number of nitrogens with zero attached hydrogens (tertiary/aromatic N) is 7. The molecule has 0 aliphatic heterocycles. The van der Waals surface area contributed by atoms with Crippen molar-refractivity contribution in [1.82, 2.24) is 39.1 Å². The van der Waals surface area contributed by atoms with Crippen LogP contribution in [-0.4, -0.2) is 65.3 Å². The van der Waals surface area contributed by atoms with Crippen molar-refractivity contribution in [3.05, 3.63) is 72.8 Å². The summed E-state index contributed by atoms with van der Waals surface area (Å²) in [4.78, 5) is 35.6. The smallest absolute Gasteiger partial charge is 0.142 e. The van der Waals surface area contributed by atoms with Gasteiger partial charge in [-0.15, -0.1) is 12.4 Å². The Morgan fingerprint density at radius 1 is 0.745 bits per heavy atom. The van der Waals surface area contributed by atoms with E-state index in [-0.39, 0.29) is 12.4 Å². The summed E-state index contributed by atoms with van der Waals surface area (Å²) in [7, 11) is 2.75. The molecule has 13 heteroatoms. The number of aryl methyl sites for hydroxylation is 2. The van der Waals surface area contributed by atoms with Crippen molar-refractivity contribution in [1.29, 1.82) is 0 Å². The molecule has 11 nitrogen and oxygen atoms in total. The minimum atomic E-state index is -1.11. The zero-order valence-corrected chi connectivity index (χ0v) is 34.7. The summed E-state index contributed by atoms with van der Waals surface area (Å²) >= 11 is 0. The van der Waals surface area contributed by atoms with Crippen molar-refractivity contribution < 1.29 is 14.3 Å². The number of H-pyrrole nitrogens is 1. The second-order valence-corrected chi connectivity index (χ2v) is 22.3. The molecule has 2 fully saturated rings. The van der Waals surface area contributed by atoms with Crippen LogP contribution in [0.25, 0.3) is 44.3 Å². The number of rotatable bonds is 11. The predicted octanol–water partition coefficient (Wildman–Crippen LogP) is 8.74. The van der Waals surface area contributed by atoms with E-state index in [4.69, 9.17) is 9.72 Å². The molecule has 55 heavy (non-hydrogen) atoms. The van der Waals surface area contributed by atoms with Crippen molar-refractivity contribution in [2.45, 2.75) is 96.6 Å². The first-order valence-corrected chi connectivity index (χ1v) is 23.2. The Balaban J connectivity index is 0.000000191. The number of ketones is 2. The maximum atomic E-state index is 11.6. The lowest BCUT2D eigenvalue weighted by Gasteiger charge is -2.20. The summed E-state index contributed by atoms with van der Waals surface area (Å²) in [5.41, 5.74) is 8.83. The van der Waals surface area contributed by atoms with E-state index in [0.29, 0.717) is 30.1 Å². The highest BCUT2D eigenvalue weighted by molar-refractivity contribution is 6.76. The van der Waals surface area contributed by atoms with Crippen LogP contribution in [-0.2, 0) is 48.0 Å². The van der Waals surface area contributed by atoms with Crippen LogP contribution in [0.3, 0.4) is 0 Å². The van der Waals surface area contributed by atoms with E-state index in [0.717, 1.165) is 121 Å². The van der Waals surface area contributed by atoms with Crippen molar-refractivity contribution in [2.75, 3.05) is 6.61 Å². The number of hydrogen-bond donors (Lipinski definition) is 1. The highest BCUT2D eigenvalue weighted by atomic mass is 35.5. The summed E-state index contributed by atoms with van der Waals surface area (Å²) in [5, 5.41) is 10.9. The van der Waals surface area contributed by atoms with E-state index in [1.165, 1.54) is 11.1 Å². The second kappa shape index (κ2) is 17.6. The Bertz CT molecular complexity index is 2230. The Kier molecular flexibility index (Phi) is 12.9. The fourth-order valence-electron chi connectivity index (χ4n) is 7.79. The predicted molar refractivity (Wildman–Crippen MR) is 223 cm³/mol. The number of Topliss-reactive ketones (excluding diaryl/α,β-unsaturated/α-hetero) is 2. The van der Waals surface area contributed by atoms with E-state index in [1.807, 2.05) is 66.8 Å². The van der Waals surface area contributed by atoms with Gasteiger partial charge in [0.2, 0.25) is 0 Å². The van der Waals surface area contributed by atoms with Crippen molar-refractivity contribution in [2.24, 2.45) is 25.9 Å². The summed E-state index contributed by atoms with van der Waals surface area (Å²) in [6.07, 6.45) is 24.9. The highest BCUT2D eigenvalue weighted by Gasteiger charge is 2.22. The van der Waals surface area contributed by atoms with Crippen LogP contribution in [0.4, 0.5) is 0 Å². The third kappa shape index (κ3) is 10.3. The topological polar surface area (TPSA) is 126 Å². The first-order chi connectivity index (χ1) is 26.0. The van der Waals surface area contributed by atoms with Crippen LogP contribution in [0.15, 0.2) is 61.7 Å². The average Bonchev–Trinajstić information content (AvgIpc) is 3.95. The lowest BCUT2D eigenvalue weighted by molar-refractivity contribution is -0.121. The fraction of sp³-hybridized carbons (Fsp3) is 0.476. The highest BCUT2D eigenvalue weighted by Crippen LogP contribution is 2.33. The number of carbonyl (C=O) groups excluding carboxylic acids is 2. The van der Waals surface area contributed by atoms with E-state index >= 15 is 0 Å². The molecule has 2 saturated carbocycles. The lowest BCUT2D eigenvalue weighted by Crippen LogP contribution is -2.22. The van der Waals surface area contributed by atoms with Gasteiger partial charge >= 0.3 is 0 Å². The number of ether oxygens (including phenoxy) is 1. The molecule has 0 aromatic carbocycles. The number of halogens is 1. The Labute approximate surface area is 330 Å². The second-order valence-electron chi connectivity index (χ2n) is 16.7. The molecule has 6 aromatic heterocycles. The molecule has 0 radical (unpaired) electrons. The number of pyridine rings is 2. The summed E-state index contributed by atoms with van der Waals surface area (Å²) < 4.78 is 11.8. The fourth-order valence-corrected chi connectivity index (χ4v) is 8.54. The summed E-state index contributed by atoms with van der Waals surface area (Å²) in [5.74, 6) is 2.01. The monoisotopic (exact) mass is 782 g/mol. The molecule has 0 spiro atoms. The molecule has 6 heterocycles. The van der Waals surface area contributed by atoms with E-state index in [2.05, 4.69) is 62.7 Å². The van der Waals surface area contributed by atoms with Crippen LogP contribution in [0.1, 0.15) is 62.5 Å². The van der Waals surface area contributed by atoms with Crippen LogP contribution in [0, 0.1) is 11.8 Å². The summed E-state index contributed by atoms with van der Waals surface area (Å²) in [6, 6.07) is 5.67. The molecular formula is C42H55ClN8O3Si. The zero-order valence-electron chi connectivity index (χ0n) is 32.9. The standard InChI is InChI=1S/C24H34N4O2Si.C18H20N4O.ClH/c1-27-15-20(14-26-27)23-16-28(17-30-9-10-31(2,3)4)24-22(23)12-19(13-25-24)11-18-5-7-21(29)8-6-18;1-22-11-14(9-21-22)17-10-20-18-16(17)7-13(8-19-18)6-12-2-4-15(23)5-3-12;/h12-16,18H,5-11,17H2,1-4H3;7-12H,2-6H2,1H3,(H,19,20);1H. The van der Waals surface area contributed by atoms with Gasteiger partial charge in [0.05, 0.1) is 12.4 Å². The average molecular weight is 783 g/mol.